The van der Waals surface area contributed by atoms with Gasteiger partial charge in [-0.1, -0.05) is 133 Å². The van der Waals surface area contributed by atoms with Crippen LogP contribution in [-0.2, 0) is 0 Å². The summed E-state index contributed by atoms with van der Waals surface area (Å²) in [5.74, 6) is 0. The van der Waals surface area contributed by atoms with E-state index in [9.17, 15) is 0 Å². The normalized spacial score (nSPS) is 12.3. The van der Waals surface area contributed by atoms with E-state index < -0.39 is 0 Å². The molecule has 0 aliphatic rings. The molecule has 0 aliphatic carbocycles. The molecule has 15 aromatic rings. The van der Waals surface area contributed by atoms with Gasteiger partial charge in [0.2, 0.25) is 0 Å². The summed E-state index contributed by atoms with van der Waals surface area (Å²) >= 11 is 1.90. The molecular weight excluding hydrogens is 809 g/mol. The summed E-state index contributed by atoms with van der Waals surface area (Å²) in [6.07, 6.45) is 0. The smallest absolute Gasteiger partial charge is 0.0661 e. The zero-order valence-electron chi connectivity index (χ0n) is 35.0. The van der Waals surface area contributed by atoms with Crippen LogP contribution in [0.3, 0.4) is 0 Å². The minimum Gasteiger partial charge on any atom is -0.309 e. The molecule has 5 aromatic heterocycles. The van der Waals surface area contributed by atoms with Gasteiger partial charge in [-0.25, -0.2) is 0 Å². The molecule has 0 fully saturated rings. The number of rotatable bonds is 4. The fourth-order valence-electron chi connectivity index (χ4n) is 11.3. The van der Waals surface area contributed by atoms with Gasteiger partial charge in [0.1, 0.15) is 0 Å². The zero-order valence-corrected chi connectivity index (χ0v) is 35.8. The van der Waals surface area contributed by atoms with Crippen LogP contribution in [0, 0.1) is 0 Å². The predicted molar refractivity (Wildman–Crippen MR) is 277 cm³/mol. The van der Waals surface area contributed by atoms with E-state index in [1.807, 2.05) is 11.3 Å². The van der Waals surface area contributed by atoms with Gasteiger partial charge in [-0.3, -0.25) is 0 Å². The van der Waals surface area contributed by atoms with Crippen LogP contribution in [0.1, 0.15) is 0 Å². The van der Waals surface area contributed by atoms with Gasteiger partial charge in [0.15, 0.2) is 0 Å². The number of nitrogens with zero attached hydrogens (tertiary/aromatic N) is 4. The largest absolute Gasteiger partial charge is 0.309 e. The lowest BCUT2D eigenvalue weighted by atomic mass is 10.1. The van der Waals surface area contributed by atoms with E-state index >= 15 is 0 Å². The maximum atomic E-state index is 2.52. The van der Waals surface area contributed by atoms with Gasteiger partial charge in [-0.2, -0.15) is 0 Å². The third-order valence-electron chi connectivity index (χ3n) is 13.9. The van der Waals surface area contributed by atoms with E-state index in [1.165, 1.54) is 119 Å². The predicted octanol–water partition coefficient (Wildman–Crippen LogP) is 16.4. The van der Waals surface area contributed by atoms with Crippen molar-refractivity contribution in [3.63, 3.8) is 0 Å². The summed E-state index contributed by atoms with van der Waals surface area (Å²) in [5.41, 5.74) is 14.3. The first-order chi connectivity index (χ1) is 32.3. The third kappa shape index (κ3) is 4.74. The van der Waals surface area contributed by atoms with Gasteiger partial charge in [-0.05, 0) is 84.9 Å². The van der Waals surface area contributed by atoms with Crippen LogP contribution in [0.15, 0.2) is 218 Å². The Kier molecular flexibility index (Phi) is 7.07. The Balaban J connectivity index is 1.06. The van der Waals surface area contributed by atoms with Crippen LogP contribution >= 0.6 is 11.3 Å². The van der Waals surface area contributed by atoms with E-state index in [4.69, 9.17) is 0 Å². The Labute approximate surface area is 376 Å². The standard InChI is InChI=1S/C60H36N4S/c1-8-23-48-39(16-1)40-17-2-9-24-49(40)61(48)37-32-33-55-46(34-37)45-22-7-14-29-54(45)63(55)56-30-15-31-58-59(56)47-35-38(62-50-25-10-3-18-41(50)42-19-4-11-26-51(42)62)36-57(60(47)65-58)64-52-27-12-5-20-43(52)44-21-6-13-28-53(44)64/h1-36H. The quantitative estimate of drug-likeness (QED) is 0.168. The molecule has 10 aromatic carbocycles. The van der Waals surface area contributed by atoms with Gasteiger partial charge in [0, 0.05) is 69.9 Å². The summed E-state index contributed by atoms with van der Waals surface area (Å²) in [6, 6.07) is 80.7. The van der Waals surface area contributed by atoms with Crippen molar-refractivity contribution in [2.75, 3.05) is 0 Å². The fourth-order valence-corrected chi connectivity index (χ4v) is 12.5. The summed E-state index contributed by atoms with van der Waals surface area (Å²) in [6.45, 7) is 0. The fraction of sp³-hybridized carbons (Fsp3) is 0. The lowest BCUT2D eigenvalue weighted by Gasteiger charge is -2.15. The van der Waals surface area contributed by atoms with E-state index in [2.05, 4.69) is 237 Å². The molecule has 0 bridgehead atoms. The molecule has 0 unspecified atom stereocenters. The second kappa shape index (κ2) is 13.1. The lowest BCUT2D eigenvalue weighted by Crippen LogP contribution is -2.00. The number of fused-ring (bicyclic) bond motifs is 15. The van der Waals surface area contributed by atoms with Crippen molar-refractivity contribution in [2.45, 2.75) is 0 Å². The number of thiophene rings is 1. The molecule has 0 radical (unpaired) electrons. The average molecular weight is 845 g/mol. The molecule has 0 aliphatic heterocycles. The van der Waals surface area contributed by atoms with Gasteiger partial charge in [0.25, 0.3) is 0 Å². The molecule has 5 heteroatoms. The minimum absolute atomic E-state index is 1.14. The molecule has 15 rings (SSSR count). The first kappa shape index (κ1) is 35.1. The first-order valence-corrected chi connectivity index (χ1v) is 23.1. The second-order valence-electron chi connectivity index (χ2n) is 17.3. The average Bonchev–Trinajstić information content (AvgIpc) is 4.17. The Morgan fingerprint density at radius 3 is 1.09 bits per heavy atom. The third-order valence-corrected chi connectivity index (χ3v) is 15.1. The summed E-state index contributed by atoms with van der Waals surface area (Å²) in [4.78, 5) is 0. The van der Waals surface area contributed by atoms with Crippen LogP contribution in [0.4, 0.5) is 0 Å². The minimum atomic E-state index is 1.14. The molecular formula is C60H36N4S. The van der Waals surface area contributed by atoms with Crippen LogP contribution in [0.5, 0.6) is 0 Å². The Bertz CT molecular complexity index is 4330. The lowest BCUT2D eigenvalue weighted by molar-refractivity contribution is 1.15. The number of para-hydroxylation sites is 7. The summed E-state index contributed by atoms with van der Waals surface area (Å²) in [7, 11) is 0. The van der Waals surface area contributed by atoms with E-state index in [1.54, 1.807) is 0 Å². The Morgan fingerprint density at radius 2 is 0.615 bits per heavy atom. The van der Waals surface area contributed by atoms with Crippen molar-refractivity contribution in [2.24, 2.45) is 0 Å². The number of hydrogen-bond acceptors (Lipinski definition) is 1. The van der Waals surface area contributed by atoms with Crippen LogP contribution in [0.25, 0.3) is 130 Å². The summed E-state index contributed by atoms with van der Waals surface area (Å²) in [5, 5.41) is 12.5. The number of benzene rings is 10. The van der Waals surface area contributed by atoms with Crippen molar-refractivity contribution in [3.05, 3.63) is 218 Å². The van der Waals surface area contributed by atoms with Gasteiger partial charge in [0.05, 0.1) is 60.2 Å². The number of hydrogen-bond donors (Lipinski definition) is 0. The Hall–Kier alpha value is -8.38. The van der Waals surface area contributed by atoms with Crippen molar-refractivity contribution in [1.82, 2.24) is 18.3 Å². The molecule has 0 saturated carbocycles. The molecule has 65 heavy (non-hydrogen) atoms. The van der Waals surface area contributed by atoms with Crippen molar-refractivity contribution >= 4 is 119 Å². The maximum Gasteiger partial charge on any atom is 0.0661 e. The van der Waals surface area contributed by atoms with Crippen molar-refractivity contribution in [3.8, 4) is 22.7 Å². The highest BCUT2D eigenvalue weighted by Gasteiger charge is 2.23. The summed E-state index contributed by atoms with van der Waals surface area (Å²) < 4.78 is 12.4. The van der Waals surface area contributed by atoms with Crippen LogP contribution in [-0.4, -0.2) is 18.3 Å². The molecule has 0 atom stereocenters. The molecule has 0 saturated heterocycles. The molecule has 5 heterocycles. The first-order valence-electron chi connectivity index (χ1n) is 22.3. The van der Waals surface area contributed by atoms with Crippen molar-refractivity contribution in [1.29, 1.82) is 0 Å². The topological polar surface area (TPSA) is 19.7 Å². The highest BCUT2D eigenvalue weighted by Crippen LogP contribution is 2.47. The van der Waals surface area contributed by atoms with Crippen LogP contribution in [0.2, 0.25) is 0 Å². The van der Waals surface area contributed by atoms with E-state index in [-0.39, 0.29) is 0 Å². The molecule has 0 N–H and O–H groups in total. The molecule has 0 amide bonds. The monoisotopic (exact) mass is 844 g/mol. The Morgan fingerprint density at radius 1 is 0.246 bits per heavy atom. The molecule has 0 spiro atoms. The molecule has 302 valence electrons. The van der Waals surface area contributed by atoms with Crippen LogP contribution < -0.4 is 0 Å². The van der Waals surface area contributed by atoms with E-state index in [0.717, 1.165) is 11.4 Å². The van der Waals surface area contributed by atoms with Crippen molar-refractivity contribution < 1.29 is 0 Å². The van der Waals surface area contributed by atoms with Gasteiger partial charge in [-0.15, -0.1) is 11.3 Å². The van der Waals surface area contributed by atoms with Gasteiger partial charge < -0.3 is 18.3 Å². The SMILES string of the molecule is c1cc(-n2c3ccccc3c3cc(-n4c5ccccc5c5ccccc54)ccc32)c2c(c1)sc1c(-n3c4ccccc4c4ccccc43)cc(-n3c4ccccc4c4ccccc43)cc12. The zero-order chi connectivity index (χ0) is 42.3. The molecule has 4 nitrogen and oxygen atoms in total. The van der Waals surface area contributed by atoms with E-state index in [0.29, 0.717) is 0 Å². The number of aromatic nitrogens is 4. The second-order valence-corrected chi connectivity index (χ2v) is 18.3. The highest BCUT2D eigenvalue weighted by atomic mass is 32.1. The highest BCUT2D eigenvalue weighted by molar-refractivity contribution is 7.26. The van der Waals surface area contributed by atoms with Gasteiger partial charge >= 0.3 is 0 Å². The maximum absolute atomic E-state index is 2.52.